The lowest BCUT2D eigenvalue weighted by Crippen LogP contribution is -2.35. The van der Waals surface area contributed by atoms with Crippen LogP contribution in [0.2, 0.25) is 5.02 Å². The number of para-hydroxylation sites is 1. The SMILES string of the molecule is COc1ccccc1C(=O)NCC(=O)NN=Cc1ccc(Cl)c([N+](=O)[O-])c1. The van der Waals surface area contributed by atoms with Crippen molar-refractivity contribution in [1.29, 1.82) is 0 Å². The summed E-state index contributed by atoms with van der Waals surface area (Å²) >= 11 is 5.71. The smallest absolute Gasteiger partial charge is 0.288 e. The largest absolute Gasteiger partial charge is 0.496 e. The van der Waals surface area contributed by atoms with Gasteiger partial charge in [0.1, 0.15) is 10.8 Å². The molecule has 0 aliphatic rings. The van der Waals surface area contributed by atoms with E-state index in [9.17, 15) is 19.7 Å². The highest BCUT2D eigenvalue weighted by atomic mass is 35.5. The Bertz CT molecular complexity index is 901. The van der Waals surface area contributed by atoms with Gasteiger partial charge in [-0.15, -0.1) is 0 Å². The third kappa shape index (κ3) is 5.51. The van der Waals surface area contributed by atoms with Gasteiger partial charge in [0.25, 0.3) is 17.5 Å². The lowest BCUT2D eigenvalue weighted by atomic mass is 10.2. The van der Waals surface area contributed by atoms with Gasteiger partial charge < -0.3 is 10.1 Å². The van der Waals surface area contributed by atoms with Crippen LogP contribution in [0, 0.1) is 10.1 Å². The molecule has 0 atom stereocenters. The maximum absolute atomic E-state index is 12.1. The van der Waals surface area contributed by atoms with Gasteiger partial charge in [0.05, 0.1) is 30.4 Å². The number of nitro benzene ring substituents is 1. The van der Waals surface area contributed by atoms with Crippen LogP contribution in [0.15, 0.2) is 47.6 Å². The highest BCUT2D eigenvalue weighted by Gasteiger charge is 2.13. The molecule has 140 valence electrons. The summed E-state index contributed by atoms with van der Waals surface area (Å²) in [6, 6.07) is 10.7. The van der Waals surface area contributed by atoms with Crippen LogP contribution < -0.4 is 15.5 Å². The number of carbonyl (C=O) groups is 2. The molecule has 0 saturated carbocycles. The molecule has 0 radical (unpaired) electrons. The standard InChI is InChI=1S/C17H15ClN4O5/c1-27-15-5-3-2-4-12(15)17(24)19-10-16(23)21-20-9-11-6-7-13(18)14(8-11)22(25)26/h2-9H,10H2,1H3,(H,19,24)(H,21,23). The van der Waals surface area contributed by atoms with E-state index in [1.54, 1.807) is 24.3 Å². The van der Waals surface area contributed by atoms with Crippen LogP contribution >= 0.6 is 11.6 Å². The molecule has 27 heavy (non-hydrogen) atoms. The molecular weight excluding hydrogens is 376 g/mol. The number of rotatable bonds is 7. The van der Waals surface area contributed by atoms with Crippen LogP contribution in [-0.4, -0.2) is 36.6 Å². The van der Waals surface area contributed by atoms with E-state index in [4.69, 9.17) is 16.3 Å². The number of benzene rings is 2. The minimum absolute atomic E-state index is 0.000220. The molecule has 0 fully saturated rings. The van der Waals surface area contributed by atoms with E-state index in [0.717, 1.165) is 0 Å². The molecule has 0 spiro atoms. The molecule has 0 aliphatic heterocycles. The molecule has 0 saturated heterocycles. The molecule has 0 unspecified atom stereocenters. The summed E-state index contributed by atoms with van der Waals surface area (Å²) in [7, 11) is 1.44. The van der Waals surface area contributed by atoms with E-state index in [1.165, 1.54) is 31.5 Å². The Labute approximate surface area is 159 Å². The van der Waals surface area contributed by atoms with E-state index in [2.05, 4.69) is 15.8 Å². The second-order valence-electron chi connectivity index (χ2n) is 5.14. The molecule has 0 bridgehead atoms. The molecule has 2 aromatic carbocycles. The maximum atomic E-state index is 12.1. The number of amides is 2. The summed E-state index contributed by atoms with van der Waals surface area (Å²) in [4.78, 5) is 34.0. The summed E-state index contributed by atoms with van der Waals surface area (Å²) in [6.45, 7) is -0.311. The molecule has 0 aromatic heterocycles. The van der Waals surface area contributed by atoms with Crippen molar-refractivity contribution >= 4 is 35.3 Å². The number of ether oxygens (including phenoxy) is 1. The number of hydrogen-bond acceptors (Lipinski definition) is 6. The number of methoxy groups -OCH3 is 1. The van der Waals surface area contributed by atoms with E-state index in [1.807, 2.05) is 0 Å². The van der Waals surface area contributed by atoms with Crippen molar-refractivity contribution in [2.75, 3.05) is 13.7 Å². The topological polar surface area (TPSA) is 123 Å². The predicted molar refractivity (Wildman–Crippen MR) is 99.2 cm³/mol. The zero-order chi connectivity index (χ0) is 19.8. The summed E-state index contributed by atoms with van der Waals surface area (Å²) in [5, 5.41) is 17.0. The Morgan fingerprint density at radius 2 is 2.04 bits per heavy atom. The monoisotopic (exact) mass is 390 g/mol. The Morgan fingerprint density at radius 3 is 2.74 bits per heavy atom. The van der Waals surface area contributed by atoms with Gasteiger partial charge in [-0.3, -0.25) is 19.7 Å². The highest BCUT2D eigenvalue weighted by molar-refractivity contribution is 6.32. The molecule has 2 aromatic rings. The van der Waals surface area contributed by atoms with Crippen LogP contribution in [0.5, 0.6) is 5.75 Å². The number of hydrogen-bond donors (Lipinski definition) is 2. The first kappa shape index (κ1) is 19.9. The van der Waals surface area contributed by atoms with Gasteiger partial charge in [-0.2, -0.15) is 5.10 Å². The van der Waals surface area contributed by atoms with Crippen LogP contribution in [0.25, 0.3) is 0 Å². The van der Waals surface area contributed by atoms with Crippen molar-refractivity contribution < 1.29 is 19.2 Å². The minimum atomic E-state index is -0.619. The first-order valence-corrected chi connectivity index (χ1v) is 7.97. The van der Waals surface area contributed by atoms with Crippen molar-refractivity contribution in [2.45, 2.75) is 0 Å². The van der Waals surface area contributed by atoms with Gasteiger partial charge in [-0.1, -0.05) is 29.8 Å². The summed E-state index contributed by atoms with van der Waals surface area (Å²) < 4.78 is 5.08. The first-order chi connectivity index (χ1) is 12.9. The number of carbonyl (C=O) groups excluding carboxylic acids is 2. The fourth-order valence-corrected chi connectivity index (χ4v) is 2.24. The number of halogens is 1. The second-order valence-corrected chi connectivity index (χ2v) is 5.55. The third-order valence-electron chi connectivity index (χ3n) is 3.33. The van der Waals surface area contributed by atoms with Crippen molar-refractivity contribution in [2.24, 2.45) is 5.10 Å². The Balaban J connectivity index is 1.89. The number of hydrazone groups is 1. The third-order valence-corrected chi connectivity index (χ3v) is 3.65. The Morgan fingerprint density at radius 1 is 1.30 bits per heavy atom. The molecule has 2 rings (SSSR count). The molecular formula is C17H15ClN4O5. The lowest BCUT2D eigenvalue weighted by molar-refractivity contribution is -0.384. The Hall–Kier alpha value is -3.46. The zero-order valence-electron chi connectivity index (χ0n) is 14.1. The predicted octanol–water partition coefficient (Wildman–Crippen LogP) is 2.14. The van der Waals surface area contributed by atoms with Gasteiger partial charge >= 0.3 is 0 Å². The van der Waals surface area contributed by atoms with E-state index >= 15 is 0 Å². The average molecular weight is 391 g/mol. The van der Waals surface area contributed by atoms with E-state index in [-0.39, 0.29) is 17.3 Å². The van der Waals surface area contributed by atoms with Gasteiger partial charge in [-0.25, -0.2) is 5.43 Å². The summed E-state index contributed by atoms with van der Waals surface area (Å²) in [6.07, 6.45) is 1.23. The number of nitro groups is 1. The number of nitrogens with one attached hydrogen (secondary N) is 2. The van der Waals surface area contributed by atoms with Gasteiger partial charge in [0.2, 0.25) is 0 Å². The van der Waals surface area contributed by atoms with Crippen LogP contribution in [0.4, 0.5) is 5.69 Å². The summed E-state index contributed by atoms with van der Waals surface area (Å²) in [5.41, 5.74) is 2.62. The maximum Gasteiger partial charge on any atom is 0.288 e. The fraction of sp³-hybridized carbons (Fsp3) is 0.118. The van der Waals surface area contributed by atoms with Crippen molar-refractivity contribution in [3.63, 3.8) is 0 Å². The van der Waals surface area contributed by atoms with Crippen molar-refractivity contribution in [3.8, 4) is 5.75 Å². The summed E-state index contributed by atoms with van der Waals surface area (Å²) in [5.74, 6) is -0.657. The van der Waals surface area contributed by atoms with Gasteiger partial charge in [0.15, 0.2) is 0 Å². The zero-order valence-corrected chi connectivity index (χ0v) is 14.9. The molecule has 0 aliphatic carbocycles. The minimum Gasteiger partial charge on any atom is -0.496 e. The molecule has 10 heteroatoms. The molecule has 2 N–H and O–H groups in total. The van der Waals surface area contributed by atoms with E-state index < -0.39 is 16.7 Å². The Kier molecular flexibility index (Phi) is 6.84. The van der Waals surface area contributed by atoms with Gasteiger partial charge in [-0.05, 0) is 18.2 Å². The molecule has 9 nitrogen and oxygen atoms in total. The second kappa shape index (κ2) is 9.30. The first-order valence-electron chi connectivity index (χ1n) is 7.59. The van der Waals surface area contributed by atoms with E-state index in [0.29, 0.717) is 16.9 Å². The van der Waals surface area contributed by atoms with Crippen molar-refractivity contribution in [1.82, 2.24) is 10.7 Å². The average Bonchev–Trinajstić information content (AvgIpc) is 2.67. The molecule has 0 heterocycles. The molecule has 2 amide bonds. The van der Waals surface area contributed by atoms with Crippen LogP contribution in [0.3, 0.4) is 0 Å². The lowest BCUT2D eigenvalue weighted by Gasteiger charge is -2.08. The van der Waals surface area contributed by atoms with Crippen molar-refractivity contribution in [3.05, 3.63) is 68.7 Å². The van der Waals surface area contributed by atoms with Crippen LogP contribution in [0.1, 0.15) is 15.9 Å². The highest BCUT2D eigenvalue weighted by Crippen LogP contribution is 2.24. The quantitative estimate of drug-likeness (QED) is 0.426. The van der Waals surface area contributed by atoms with Gasteiger partial charge in [0, 0.05) is 11.6 Å². The number of nitrogens with zero attached hydrogens (tertiary/aromatic N) is 2. The fourth-order valence-electron chi connectivity index (χ4n) is 2.06. The van der Waals surface area contributed by atoms with Crippen LogP contribution in [-0.2, 0) is 4.79 Å². The normalized spacial score (nSPS) is 10.4.